The van der Waals surface area contributed by atoms with Gasteiger partial charge in [0, 0.05) is 5.69 Å². The van der Waals surface area contributed by atoms with Crippen molar-refractivity contribution in [3.8, 4) is 0 Å². The predicted molar refractivity (Wildman–Crippen MR) is 67.0 cm³/mol. The van der Waals surface area contributed by atoms with Crippen LogP contribution in [-0.2, 0) is 9.84 Å². The van der Waals surface area contributed by atoms with Crippen LogP contribution in [0.25, 0.3) is 0 Å². The molecule has 0 fully saturated rings. The Bertz CT molecular complexity index is 498. The van der Waals surface area contributed by atoms with Gasteiger partial charge < -0.3 is 21.9 Å². The SMILES string of the molecule is CC(N)Nc1ccc(N)cc1S(=O)(=O)C(C)O. The highest BCUT2D eigenvalue weighted by Crippen LogP contribution is 2.26. The predicted octanol–water partition coefficient (Wildman–Crippen LogP) is 0.0974. The van der Waals surface area contributed by atoms with Gasteiger partial charge in [0.05, 0.1) is 16.7 Å². The van der Waals surface area contributed by atoms with Gasteiger partial charge in [-0.3, -0.25) is 0 Å². The van der Waals surface area contributed by atoms with Gasteiger partial charge in [-0.25, -0.2) is 8.42 Å². The molecule has 0 aliphatic carbocycles. The molecular weight excluding hydrogens is 242 g/mol. The normalized spacial score (nSPS) is 15.3. The van der Waals surface area contributed by atoms with Gasteiger partial charge in [0.1, 0.15) is 0 Å². The Balaban J connectivity index is 3.35. The van der Waals surface area contributed by atoms with Crippen LogP contribution in [0.4, 0.5) is 11.4 Å². The molecule has 2 atom stereocenters. The van der Waals surface area contributed by atoms with Crippen LogP contribution in [-0.4, -0.2) is 25.1 Å². The smallest absolute Gasteiger partial charge is 0.206 e. The molecule has 0 saturated heterocycles. The number of hydrogen-bond acceptors (Lipinski definition) is 6. The van der Waals surface area contributed by atoms with Crippen molar-refractivity contribution in [2.24, 2.45) is 5.73 Å². The third kappa shape index (κ3) is 3.09. The van der Waals surface area contributed by atoms with Crippen molar-refractivity contribution in [1.82, 2.24) is 0 Å². The van der Waals surface area contributed by atoms with Crippen LogP contribution < -0.4 is 16.8 Å². The minimum absolute atomic E-state index is 0.0511. The van der Waals surface area contributed by atoms with Gasteiger partial charge in [-0.1, -0.05) is 0 Å². The van der Waals surface area contributed by atoms with Crippen LogP contribution in [0.2, 0.25) is 0 Å². The van der Waals surface area contributed by atoms with Gasteiger partial charge in [0.15, 0.2) is 5.44 Å². The molecule has 0 heterocycles. The first kappa shape index (κ1) is 13.8. The second-order valence-electron chi connectivity index (χ2n) is 3.83. The molecule has 7 heteroatoms. The van der Waals surface area contributed by atoms with Gasteiger partial charge in [0.25, 0.3) is 0 Å². The maximum atomic E-state index is 11.9. The van der Waals surface area contributed by atoms with Crippen molar-refractivity contribution in [1.29, 1.82) is 0 Å². The fourth-order valence-electron chi connectivity index (χ4n) is 1.32. The highest BCUT2D eigenvalue weighted by atomic mass is 32.2. The molecule has 0 aliphatic heterocycles. The summed E-state index contributed by atoms with van der Waals surface area (Å²) in [5, 5.41) is 12.1. The lowest BCUT2D eigenvalue weighted by molar-refractivity contribution is 0.268. The zero-order valence-electron chi connectivity index (χ0n) is 9.71. The quantitative estimate of drug-likeness (QED) is 0.450. The molecule has 6 nitrogen and oxygen atoms in total. The van der Waals surface area contributed by atoms with Gasteiger partial charge >= 0.3 is 0 Å². The van der Waals surface area contributed by atoms with E-state index in [4.69, 9.17) is 11.5 Å². The van der Waals surface area contributed by atoms with Gasteiger partial charge in [-0.15, -0.1) is 0 Å². The summed E-state index contributed by atoms with van der Waals surface area (Å²) in [6.07, 6.45) is -0.415. The summed E-state index contributed by atoms with van der Waals surface area (Å²) in [5.41, 5.74) is 10.2. The molecule has 96 valence electrons. The Kier molecular flexibility index (Phi) is 3.97. The number of sulfone groups is 1. The molecule has 0 saturated carbocycles. The Morgan fingerprint density at radius 3 is 2.41 bits per heavy atom. The molecule has 2 unspecified atom stereocenters. The van der Waals surface area contributed by atoms with E-state index in [9.17, 15) is 13.5 Å². The van der Waals surface area contributed by atoms with E-state index in [1.54, 1.807) is 13.0 Å². The van der Waals surface area contributed by atoms with Crippen LogP contribution >= 0.6 is 0 Å². The van der Waals surface area contributed by atoms with E-state index in [2.05, 4.69) is 5.32 Å². The zero-order chi connectivity index (χ0) is 13.2. The summed E-state index contributed by atoms with van der Waals surface area (Å²) < 4.78 is 23.8. The summed E-state index contributed by atoms with van der Waals surface area (Å²) in [5.74, 6) is 0. The molecule has 1 rings (SSSR count). The molecule has 6 N–H and O–H groups in total. The van der Waals surface area contributed by atoms with Crippen molar-refractivity contribution < 1.29 is 13.5 Å². The first-order valence-corrected chi connectivity index (χ1v) is 6.63. The first-order valence-electron chi connectivity index (χ1n) is 5.08. The second-order valence-corrected chi connectivity index (χ2v) is 6.04. The Labute approximate surface area is 101 Å². The molecule has 17 heavy (non-hydrogen) atoms. The lowest BCUT2D eigenvalue weighted by atomic mass is 10.3. The number of aliphatic hydroxyl groups excluding tert-OH is 1. The van der Waals surface area contributed by atoms with Crippen molar-refractivity contribution in [2.45, 2.75) is 30.3 Å². The molecule has 0 bridgehead atoms. The number of nitrogens with one attached hydrogen (secondary N) is 1. The van der Waals surface area contributed by atoms with E-state index in [0.29, 0.717) is 11.4 Å². The van der Waals surface area contributed by atoms with Crippen LogP contribution in [0, 0.1) is 0 Å². The summed E-state index contributed by atoms with van der Waals surface area (Å²) >= 11 is 0. The first-order chi connectivity index (χ1) is 7.75. The number of rotatable bonds is 4. The minimum atomic E-state index is -3.82. The van der Waals surface area contributed by atoms with E-state index in [0.717, 1.165) is 0 Å². The zero-order valence-corrected chi connectivity index (χ0v) is 10.5. The number of anilines is 2. The van der Waals surface area contributed by atoms with E-state index in [1.807, 2.05) is 0 Å². The Morgan fingerprint density at radius 2 is 1.94 bits per heavy atom. The number of benzene rings is 1. The van der Waals surface area contributed by atoms with Gasteiger partial charge in [-0.2, -0.15) is 0 Å². The molecule has 0 aromatic heterocycles. The number of hydrogen-bond donors (Lipinski definition) is 4. The molecule has 0 radical (unpaired) electrons. The molecular formula is C10H17N3O3S. The molecule has 1 aromatic carbocycles. The molecule has 0 amide bonds. The summed E-state index contributed by atoms with van der Waals surface area (Å²) in [4.78, 5) is -0.0511. The summed E-state index contributed by atoms with van der Waals surface area (Å²) in [6.45, 7) is 2.86. The maximum Gasteiger partial charge on any atom is 0.206 e. The van der Waals surface area contributed by atoms with Crippen molar-refractivity contribution >= 4 is 21.2 Å². The van der Waals surface area contributed by atoms with Crippen LogP contribution in [0.15, 0.2) is 23.1 Å². The molecule has 0 aliphatic rings. The average Bonchev–Trinajstić information content (AvgIpc) is 2.19. The lowest BCUT2D eigenvalue weighted by Crippen LogP contribution is -2.27. The third-order valence-corrected chi connectivity index (χ3v) is 3.99. The number of nitrogens with two attached hydrogens (primary N) is 2. The lowest BCUT2D eigenvalue weighted by Gasteiger charge is -2.16. The van der Waals surface area contributed by atoms with Crippen LogP contribution in [0.3, 0.4) is 0 Å². The second kappa shape index (κ2) is 4.91. The number of nitrogen functional groups attached to an aromatic ring is 1. The van der Waals surface area contributed by atoms with Gasteiger partial charge in [0.2, 0.25) is 9.84 Å². The topological polar surface area (TPSA) is 118 Å². The minimum Gasteiger partial charge on any atom is -0.399 e. The van der Waals surface area contributed by atoms with Crippen LogP contribution in [0.5, 0.6) is 0 Å². The van der Waals surface area contributed by atoms with E-state index >= 15 is 0 Å². The van der Waals surface area contributed by atoms with E-state index in [-0.39, 0.29) is 4.90 Å². The molecule has 0 spiro atoms. The highest BCUT2D eigenvalue weighted by molar-refractivity contribution is 7.92. The van der Waals surface area contributed by atoms with Crippen molar-refractivity contribution in [3.05, 3.63) is 18.2 Å². The van der Waals surface area contributed by atoms with Crippen LogP contribution in [0.1, 0.15) is 13.8 Å². The standard InChI is InChI=1S/C10H17N3O3S/c1-6(11)13-9-4-3-8(12)5-10(9)17(15,16)7(2)14/h3-7,13-14H,11-12H2,1-2H3. The van der Waals surface area contributed by atoms with Crippen molar-refractivity contribution in [3.63, 3.8) is 0 Å². The largest absolute Gasteiger partial charge is 0.399 e. The Hall–Kier alpha value is -1.31. The maximum absolute atomic E-state index is 11.9. The molecule has 1 aromatic rings. The average molecular weight is 259 g/mol. The Morgan fingerprint density at radius 1 is 1.35 bits per heavy atom. The monoisotopic (exact) mass is 259 g/mol. The highest BCUT2D eigenvalue weighted by Gasteiger charge is 2.24. The fraction of sp³-hybridized carbons (Fsp3) is 0.400. The summed E-state index contributed by atoms with van der Waals surface area (Å²) in [7, 11) is -3.82. The third-order valence-electron chi connectivity index (χ3n) is 2.14. The number of aliphatic hydroxyl groups is 1. The van der Waals surface area contributed by atoms with E-state index < -0.39 is 21.4 Å². The summed E-state index contributed by atoms with van der Waals surface area (Å²) in [6, 6.07) is 4.38. The van der Waals surface area contributed by atoms with Gasteiger partial charge in [-0.05, 0) is 32.0 Å². The fourth-order valence-corrected chi connectivity index (χ4v) is 2.42. The van der Waals surface area contributed by atoms with E-state index in [1.165, 1.54) is 19.1 Å². The van der Waals surface area contributed by atoms with Crippen molar-refractivity contribution in [2.75, 3.05) is 11.1 Å².